The highest BCUT2D eigenvalue weighted by molar-refractivity contribution is 9.10. The van der Waals surface area contributed by atoms with Gasteiger partial charge in [-0.3, -0.25) is 4.79 Å². The molecule has 0 radical (unpaired) electrons. The smallest absolute Gasteiger partial charge is 0.344 e. The first-order valence-electron chi connectivity index (χ1n) is 9.74. The molecule has 3 rings (SSSR count). The Hall–Kier alpha value is -2.52. The van der Waals surface area contributed by atoms with Crippen LogP contribution in [0.4, 0.5) is 0 Å². The number of hydrogen-bond acceptors (Lipinski definition) is 5. The second kappa shape index (κ2) is 10.2. The van der Waals surface area contributed by atoms with Crippen LogP contribution in [0.1, 0.15) is 38.1 Å². The van der Waals surface area contributed by atoms with Crippen molar-refractivity contribution in [2.75, 3.05) is 0 Å². The van der Waals surface area contributed by atoms with Crippen LogP contribution in [0.25, 0.3) is 10.9 Å². The van der Waals surface area contributed by atoms with Crippen LogP contribution in [-0.2, 0) is 11.2 Å². The van der Waals surface area contributed by atoms with Gasteiger partial charge in [0.25, 0.3) is 5.56 Å². The zero-order chi connectivity index (χ0) is 22.5. The molecular formula is C22H21Br2N3O4. The summed E-state index contributed by atoms with van der Waals surface area (Å²) in [6, 6.07) is 10.5. The van der Waals surface area contributed by atoms with Crippen LogP contribution in [0.15, 0.2) is 55.2 Å². The van der Waals surface area contributed by atoms with Crippen molar-refractivity contribution in [3.05, 3.63) is 67.1 Å². The van der Waals surface area contributed by atoms with E-state index in [1.165, 1.54) is 17.8 Å². The predicted octanol–water partition coefficient (Wildman–Crippen LogP) is 5.00. The van der Waals surface area contributed by atoms with Crippen LogP contribution in [0, 0.1) is 0 Å². The first-order chi connectivity index (χ1) is 14.8. The molecule has 1 atom stereocenters. The Labute approximate surface area is 196 Å². The first-order valence-corrected chi connectivity index (χ1v) is 11.3. The second-order valence-electron chi connectivity index (χ2n) is 6.94. The van der Waals surface area contributed by atoms with Crippen LogP contribution >= 0.6 is 31.9 Å². The molecule has 1 N–H and O–H groups in total. The van der Waals surface area contributed by atoms with Gasteiger partial charge in [-0.1, -0.05) is 45.2 Å². The number of hydrogen-bond donors (Lipinski definition) is 1. The van der Waals surface area contributed by atoms with E-state index in [1.54, 1.807) is 30.3 Å². The lowest BCUT2D eigenvalue weighted by molar-refractivity contribution is -0.144. The molecule has 2 aromatic carbocycles. The number of carbonyl (C=O) groups is 1. The summed E-state index contributed by atoms with van der Waals surface area (Å²) in [5, 5.41) is 14.0. The standard InChI is InChI=1S/C22H21Br2N3O4/c1-3-4-5-20-26-18-8-6-16(24)11-17(18)21(28)27(20)25-12-14-10-15(23)7-9-19(14)31-13(2)22(29)30/h6-13H,3-5H2,1-2H3,(H,29,30)/t13-/m1/s1. The van der Waals surface area contributed by atoms with E-state index in [4.69, 9.17) is 9.84 Å². The van der Waals surface area contributed by atoms with Gasteiger partial charge >= 0.3 is 5.97 Å². The van der Waals surface area contributed by atoms with Crippen molar-refractivity contribution in [1.29, 1.82) is 0 Å². The molecule has 0 aliphatic heterocycles. The van der Waals surface area contributed by atoms with E-state index >= 15 is 0 Å². The number of carboxylic acids is 1. The molecule has 0 unspecified atom stereocenters. The monoisotopic (exact) mass is 549 g/mol. The molecule has 1 aromatic heterocycles. The summed E-state index contributed by atoms with van der Waals surface area (Å²) in [6.45, 7) is 3.52. The molecule has 0 amide bonds. The van der Waals surface area contributed by atoms with Gasteiger partial charge in [0.05, 0.1) is 17.1 Å². The zero-order valence-electron chi connectivity index (χ0n) is 17.0. The number of nitrogens with zero attached hydrogens (tertiary/aromatic N) is 3. The molecule has 162 valence electrons. The van der Waals surface area contributed by atoms with E-state index in [9.17, 15) is 9.59 Å². The highest BCUT2D eigenvalue weighted by Gasteiger charge is 2.15. The number of carboxylic acid groups (broad SMARTS) is 1. The van der Waals surface area contributed by atoms with Gasteiger partial charge in [-0.15, -0.1) is 0 Å². The molecule has 3 aromatic rings. The van der Waals surface area contributed by atoms with Crippen molar-refractivity contribution in [3.63, 3.8) is 0 Å². The molecule has 0 saturated heterocycles. The van der Waals surface area contributed by atoms with E-state index in [-0.39, 0.29) is 5.56 Å². The van der Waals surface area contributed by atoms with E-state index in [0.29, 0.717) is 34.5 Å². The lowest BCUT2D eigenvalue weighted by atomic mass is 10.2. The quantitative estimate of drug-likeness (QED) is 0.398. The Balaban J connectivity index is 2.10. The summed E-state index contributed by atoms with van der Waals surface area (Å²) in [5.74, 6) is -0.163. The van der Waals surface area contributed by atoms with Crippen molar-refractivity contribution in [3.8, 4) is 5.75 Å². The predicted molar refractivity (Wildman–Crippen MR) is 127 cm³/mol. The van der Waals surface area contributed by atoms with Crippen LogP contribution in [0.2, 0.25) is 0 Å². The normalized spacial score (nSPS) is 12.4. The summed E-state index contributed by atoms with van der Waals surface area (Å²) >= 11 is 6.80. The molecule has 7 nitrogen and oxygen atoms in total. The minimum absolute atomic E-state index is 0.273. The summed E-state index contributed by atoms with van der Waals surface area (Å²) in [5.41, 5.74) is 0.877. The minimum atomic E-state index is -1.08. The topological polar surface area (TPSA) is 93.8 Å². The molecule has 0 aliphatic rings. The average molecular weight is 551 g/mol. The summed E-state index contributed by atoms with van der Waals surface area (Å²) < 4.78 is 8.39. The van der Waals surface area contributed by atoms with E-state index in [2.05, 4.69) is 48.9 Å². The second-order valence-corrected chi connectivity index (χ2v) is 8.77. The number of fused-ring (bicyclic) bond motifs is 1. The minimum Gasteiger partial charge on any atom is -0.479 e. The number of unbranched alkanes of at least 4 members (excludes halogenated alkanes) is 1. The number of aryl methyl sites for hydroxylation is 1. The number of rotatable bonds is 8. The molecule has 1 heterocycles. The molecule has 9 heteroatoms. The Bertz CT molecular complexity index is 1210. The van der Waals surface area contributed by atoms with Gasteiger partial charge in [-0.05, 0) is 49.7 Å². The van der Waals surface area contributed by atoms with Crippen LogP contribution < -0.4 is 10.3 Å². The highest BCUT2D eigenvalue weighted by atomic mass is 79.9. The van der Waals surface area contributed by atoms with Crippen molar-refractivity contribution in [1.82, 2.24) is 9.66 Å². The van der Waals surface area contributed by atoms with E-state index < -0.39 is 12.1 Å². The molecule has 0 fully saturated rings. The third-order valence-corrected chi connectivity index (χ3v) is 5.55. The summed E-state index contributed by atoms with van der Waals surface area (Å²) in [7, 11) is 0. The molecule has 0 saturated carbocycles. The lowest BCUT2D eigenvalue weighted by Gasteiger charge is -2.13. The number of halogens is 2. The maximum Gasteiger partial charge on any atom is 0.344 e. The molecular weight excluding hydrogens is 530 g/mol. The highest BCUT2D eigenvalue weighted by Crippen LogP contribution is 2.23. The Morgan fingerprint density at radius 3 is 2.68 bits per heavy atom. The van der Waals surface area contributed by atoms with Crippen molar-refractivity contribution >= 4 is 54.9 Å². The van der Waals surface area contributed by atoms with Gasteiger partial charge in [0.1, 0.15) is 11.6 Å². The van der Waals surface area contributed by atoms with Gasteiger partial charge in [0.15, 0.2) is 6.10 Å². The van der Waals surface area contributed by atoms with Gasteiger partial charge in [0.2, 0.25) is 0 Å². The Kier molecular flexibility index (Phi) is 7.61. The average Bonchev–Trinajstić information content (AvgIpc) is 2.73. The van der Waals surface area contributed by atoms with Gasteiger partial charge in [0, 0.05) is 20.9 Å². The van der Waals surface area contributed by atoms with Gasteiger partial charge < -0.3 is 9.84 Å². The van der Waals surface area contributed by atoms with Crippen LogP contribution in [0.5, 0.6) is 5.75 Å². The molecule has 0 bridgehead atoms. The molecule has 31 heavy (non-hydrogen) atoms. The zero-order valence-corrected chi connectivity index (χ0v) is 20.2. The fourth-order valence-electron chi connectivity index (χ4n) is 2.90. The third kappa shape index (κ3) is 5.59. The van der Waals surface area contributed by atoms with Gasteiger partial charge in [-0.25, -0.2) is 9.78 Å². The largest absolute Gasteiger partial charge is 0.479 e. The summed E-state index contributed by atoms with van der Waals surface area (Å²) in [6.07, 6.45) is 2.88. The first kappa shape index (κ1) is 23.1. The number of aliphatic carboxylic acids is 1. The number of ether oxygens (including phenoxy) is 1. The SMILES string of the molecule is CCCCc1nc2ccc(Br)cc2c(=O)n1N=Cc1cc(Br)ccc1O[C@H](C)C(=O)O. The maximum absolute atomic E-state index is 13.2. The van der Waals surface area contributed by atoms with Crippen molar-refractivity contribution < 1.29 is 14.6 Å². The van der Waals surface area contributed by atoms with Crippen LogP contribution in [0.3, 0.4) is 0 Å². The molecule has 0 spiro atoms. The van der Waals surface area contributed by atoms with Crippen LogP contribution in [-0.4, -0.2) is 33.1 Å². The Morgan fingerprint density at radius 2 is 1.97 bits per heavy atom. The Morgan fingerprint density at radius 1 is 1.26 bits per heavy atom. The fourth-order valence-corrected chi connectivity index (χ4v) is 3.64. The number of benzene rings is 2. The fraction of sp³-hybridized carbons (Fsp3) is 0.273. The van der Waals surface area contributed by atoms with E-state index in [0.717, 1.165) is 21.8 Å². The van der Waals surface area contributed by atoms with Crippen molar-refractivity contribution in [2.24, 2.45) is 5.10 Å². The maximum atomic E-state index is 13.2. The van der Waals surface area contributed by atoms with Gasteiger partial charge in [-0.2, -0.15) is 9.78 Å². The summed E-state index contributed by atoms with van der Waals surface area (Å²) in [4.78, 5) is 29.0. The third-order valence-electron chi connectivity index (χ3n) is 4.56. The van der Waals surface area contributed by atoms with Crippen molar-refractivity contribution in [2.45, 2.75) is 39.2 Å². The van der Waals surface area contributed by atoms with E-state index in [1.807, 2.05) is 6.07 Å². The lowest BCUT2D eigenvalue weighted by Crippen LogP contribution is -2.24. The molecule has 0 aliphatic carbocycles. The number of aromatic nitrogens is 2.